The van der Waals surface area contributed by atoms with Crippen LogP contribution in [0.3, 0.4) is 0 Å². The molecule has 2 atom stereocenters. The summed E-state index contributed by atoms with van der Waals surface area (Å²) in [7, 11) is 0. The monoisotopic (exact) mass is 534 g/mol. The average Bonchev–Trinajstić information content (AvgIpc) is 2.93. The van der Waals surface area contributed by atoms with Gasteiger partial charge in [0.05, 0.1) is 12.1 Å². The van der Waals surface area contributed by atoms with Crippen molar-refractivity contribution in [3.63, 3.8) is 0 Å². The minimum atomic E-state index is -0.972. The summed E-state index contributed by atoms with van der Waals surface area (Å²) < 4.78 is 27.8. The van der Waals surface area contributed by atoms with Crippen molar-refractivity contribution in [2.45, 2.75) is 77.0 Å². The molecule has 0 saturated heterocycles. The summed E-state index contributed by atoms with van der Waals surface area (Å²) in [5, 5.41) is 17.3. The Hall–Kier alpha value is -3.09. The third-order valence-electron chi connectivity index (χ3n) is 7.68. The number of carbonyl (C=O) groups excluding carboxylic acids is 1. The molecule has 3 aromatic rings. The number of hydrogen-bond donors (Lipinski definition) is 3. The van der Waals surface area contributed by atoms with Gasteiger partial charge >= 0.3 is 0 Å². The van der Waals surface area contributed by atoms with Crippen molar-refractivity contribution in [1.29, 1.82) is 0 Å². The lowest BCUT2D eigenvalue weighted by atomic mass is 9.84. The smallest absolute Gasteiger partial charge is 0.251 e. The van der Waals surface area contributed by atoms with E-state index in [4.69, 9.17) is 0 Å². The van der Waals surface area contributed by atoms with E-state index in [2.05, 4.69) is 35.8 Å². The van der Waals surface area contributed by atoms with Crippen LogP contribution in [-0.4, -0.2) is 29.7 Å². The van der Waals surface area contributed by atoms with Crippen molar-refractivity contribution in [3.05, 3.63) is 106 Å². The number of rotatable bonds is 12. The molecule has 0 aliphatic heterocycles. The van der Waals surface area contributed by atoms with E-state index >= 15 is 0 Å². The second-order valence-electron chi connectivity index (χ2n) is 10.8. The highest BCUT2D eigenvalue weighted by Crippen LogP contribution is 2.27. The van der Waals surface area contributed by atoms with Gasteiger partial charge in [-0.1, -0.05) is 75.4 Å². The van der Waals surface area contributed by atoms with Gasteiger partial charge in [0.15, 0.2) is 0 Å². The van der Waals surface area contributed by atoms with Crippen LogP contribution in [0.2, 0.25) is 0 Å². The van der Waals surface area contributed by atoms with E-state index in [1.54, 1.807) is 6.07 Å². The first-order chi connectivity index (χ1) is 18.9. The highest BCUT2D eigenvalue weighted by molar-refractivity contribution is 5.94. The topological polar surface area (TPSA) is 61.4 Å². The number of nitrogens with one attached hydrogen (secondary N) is 2. The molecule has 4 rings (SSSR count). The zero-order chi connectivity index (χ0) is 27.6. The van der Waals surface area contributed by atoms with Crippen LogP contribution in [0.4, 0.5) is 8.78 Å². The van der Waals surface area contributed by atoms with Gasteiger partial charge in [-0.05, 0) is 71.7 Å². The number of hydrogen-bond acceptors (Lipinski definition) is 3. The lowest BCUT2D eigenvalue weighted by molar-refractivity contribution is 0.0829. The number of amides is 1. The molecule has 0 spiro atoms. The molecule has 1 saturated carbocycles. The third kappa shape index (κ3) is 8.97. The summed E-state index contributed by atoms with van der Waals surface area (Å²) in [5.74, 6) is -1.03. The van der Waals surface area contributed by atoms with Crippen LogP contribution in [0.5, 0.6) is 0 Å². The van der Waals surface area contributed by atoms with Crippen LogP contribution < -0.4 is 10.6 Å². The number of carbonyl (C=O) groups is 1. The van der Waals surface area contributed by atoms with Crippen molar-refractivity contribution in [2.75, 3.05) is 6.54 Å². The van der Waals surface area contributed by atoms with Crippen LogP contribution in [0, 0.1) is 17.6 Å². The first kappa shape index (κ1) is 28.9. The number of aryl methyl sites for hydroxylation is 1. The van der Waals surface area contributed by atoms with Gasteiger partial charge in [0.25, 0.3) is 5.91 Å². The zero-order valence-electron chi connectivity index (χ0n) is 22.8. The highest BCUT2D eigenvalue weighted by Gasteiger charge is 2.23. The average molecular weight is 535 g/mol. The predicted octanol–water partition coefficient (Wildman–Crippen LogP) is 6.14. The fourth-order valence-electron chi connectivity index (χ4n) is 5.55. The van der Waals surface area contributed by atoms with Gasteiger partial charge < -0.3 is 15.7 Å². The molecule has 3 aromatic carbocycles. The Labute approximate surface area is 230 Å². The normalized spacial score (nSPS) is 15.6. The standard InChI is InChI=1S/C33H40F2N2O2/c1-2-23-10-6-12-26(14-23)21-36-22-32(38)31(19-27-17-29(34)20-30(35)18-27)37-33(39)28-13-7-11-25(16-28)15-24-8-4-3-5-9-24/h6-7,10-14,16-18,20,24,31-32,36,38H,2-5,8-9,15,19,21-22H2,1H3,(H,37,39). The maximum atomic E-state index is 13.9. The largest absolute Gasteiger partial charge is 0.390 e. The maximum Gasteiger partial charge on any atom is 0.251 e. The Kier molecular flexibility index (Phi) is 10.6. The van der Waals surface area contributed by atoms with Gasteiger partial charge in [0.2, 0.25) is 0 Å². The molecule has 0 radical (unpaired) electrons. The SMILES string of the molecule is CCc1cccc(CNCC(O)C(Cc2cc(F)cc(F)c2)NC(=O)c2cccc(CC3CCCCC3)c2)c1. The van der Waals surface area contributed by atoms with Crippen LogP contribution in [0.1, 0.15) is 71.6 Å². The van der Waals surface area contributed by atoms with Gasteiger partial charge in [0.1, 0.15) is 11.6 Å². The molecule has 1 amide bonds. The van der Waals surface area contributed by atoms with E-state index in [1.807, 2.05) is 24.3 Å². The van der Waals surface area contributed by atoms with E-state index in [0.29, 0.717) is 23.6 Å². The van der Waals surface area contributed by atoms with Crippen LogP contribution in [0.15, 0.2) is 66.7 Å². The predicted molar refractivity (Wildman–Crippen MR) is 152 cm³/mol. The molecular formula is C33H40F2N2O2. The Bertz CT molecular complexity index is 1210. The quantitative estimate of drug-likeness (QED) is 0.262. The fraction of sp³-hybridized carbons (Fsp3) is 0.424. The van der Waals surface area contributed by atoms with E-state index in [1.165, 1.54) is 49.8 Å². The second-order valence-corrected chi connectivity index (χ2v) is 10.8. The lowest BCUT2D eigenvalue weighted by Gasteiger charge is -2.25. The van der Waals surface area contributed by atoms with E-state index in [9.17, 15) is 18.7 Å². The molecule has 4 nitrogen and oxygen atoms in total. The second kappa shape index (κ2) is 14.3. The minimum absolute atomic E-state index is 0.0936. The lowest BCUT2D eigenvalue weighted by Crippen LogP contribution is -2.48. The summed E-state index contributed by atoms with van der Waals surface area (Å²) >= 11 is 0. The van der Waals surface area contributed by atoms with Crippen molar-refractivity contribution >= 4 is 5.91 Å². The summed E-state index contributed by atoms with van der Waals surface area (Å²) in [4.78, 5) is 13.3. The molecule has 208 valence electrons. The number of halogens is 2. The first-order valence-electron chi connectivity index (χ1n) is 14.2. The summed E-state index contributed by atoms with van der Waals surface area (Å²) in [6.07, 6.45) is 7.31. The van der Waals surface area contributed by atoms with E-state index in [-0.39, 0.29) is 18.9 Å². The number of aliphatic hydroxyl groups excluding tert-OH is 1. The molecule has 3 N–H and O–H groups in total. The van der Waals surface area contributed by atoms with Gasteiger partial charge in [-0.15, -0.1) is 0 Å². The molecule has 0 aromatic heterocycles. The van der Waals surface area contributed by atoms with E-state index in [0.717, 1.165) is 30.0 Å². The molecule has 39 heavy (non-hydrogen) atoms. The zero-order valence-corrected chi connectivity index (χ0v) is 22.8. The van der Waals surface area contributed by atoms with Gasteiger partial charge in [-0.3, -0.25) is 4.79 Å². The molecule has 1 aliphatic carbocycles. The molecule has 0 bridgehead atoms. The van der Waals surface area contributed by atoms with Crippen LogP contribution in [-0.2, 0) is 25.8 Å². The Morgan fingerprint density at radius 1 is 0.897 bits per heavy atom. The number of aliphatic hydroxyl groups is 1. The molecule has 2 unspecified atom stereocenters. The summed E-state index contributed by atoms with van der Waals surface area (Å²) in [6.45, 7) is 2.87. The van der Waals surface area contributed by atoms with Crippen molar-refractivity contribution in [2.24, 2.45) is 5.92 Å². The third-order valence-corrected chi connectivity index (χ3v) is 7.68. The molecule has 1 aliphatic rings. The Morgan fingerprint density at radius 3 is 2.33 bits per heavy atom. The fourth-order valence-corrected chi connectivity index (χ4v) is 5.55. The van der Waals surface area contributed by atoms with Gasteiger partial charge in [-0.2, -0.15) is 0 Å². The molecule has 6 heteroatoms. The highest BCUT2D eigenvalue weighted by atomic mass is 19.1. The Balaban J connectivity index is 1.44. The summed E-state index contributed by atoms with van der Waals surface area (Å²) in [5.41, 5.74) is 4.37. The Morgan fingerprint density at radius 2 is 1.59 bits per heavy atom. The van der Waals surface area contributed by atoms with E-state index < -0.39 is 23.8 Å². The van der Waals surface area contributed by atoms with Crippen LogP contribution >= 0.6 is 0 Å². The summed E-state index contributed by atoms with van der Waals surface area (Å²) in [6, 6.07) is 18.4. The minimum Gasteiger partial charge on any atom is -0.390 e. The van der Waals surface area contributed by atoms with Gasteiger partial charge in [-0.25, -0.2) is 8.78 Å². The maximum absolute atomic E-state index is 13.9. The molecular weight excluding hydrogens is 494 g/mol. The van der Waals surface area contributed by atoms with Crippen molar-refractivity contribution in [1.82, 2.24) is 10.6 Å². The van der Waals surface area contributed by atoms with Crippen molar-refractivity contribution in [3.8, 4) is 0 Å². The molecule has 0 heterocycles. The van der Waals surface area contributed by atoms with Crippen LogP contribution in [0.25, 0.3) is 0 Å². The van der Waals surface area contributed by atoms with Crippen molar-refractivity contribution < 1.29 is 18.7 Å². The number of benzene rings is 3. The van der Waals surface area contributed by atoms with Gasteiger partial charge in [0, 0.05) is 24.7 Å². The first-order valence-corrected chi connectivity index (χ1v) is 14.2. The molecule has 1 fully saturated rings.